The molecule has 0 saturated carbocycles. The van der Waals surface area contributed by atoms with Gasteiger partial charge in [-0.15, -0.1) is 170 Å². The van der Waals surface area contributed by atoms with Crippen LogP contribution in [0.5, 0.6) is 0 Å². The second-order valence-corrected chi connectivity index (χ2v) is 152. The van der Waals surface area contributed by atoms with E-state index < -0.39 is 0 Å². The van der Waals surface area contributed by atoms with Gasteiger partial charge in [-0.3, -0.25) is 0 Å². The molecule has 0 N–H and O–H groups in total. The summed E-state index contributed by atoms with van der Waals surface area (Å²) in [5.74, 6) is 0. The predicted molar refractivity (Wildman–Crippen MR) is 302 cm³/mol. The Balaban J connectivity index is 7.84. The van der Waals surface area contributed by atoms with Gasteiger partial charge in [0.2, 0.25) is 0 Å². The second kappa shape index (κ2) is 28.0. The van der Waals surface area contributed by atoms with Crippen molar-refractivity contribution in [3.8, 4) is 0 Å². The van der Waals surface area contributed by atoms with Crippen LogP contribution < -0.4 is 0 Å². The van der Waals surface area contributed by atoms with Crippen molar-refractivity contribution in [2.75, 3.05) is 0 Å². The van der Waals surface area contributed by atoms with Gasteiger partial charge in [-0.25, -0.2) is 0 Å². The Hall–Kier alpha value is 15.5. The monoisotopic (exact) mass is 1150 g/mol. The third kappa shape index (κ3) is 18.4. The van der Waals surface area contributed by atoms with Crippen LogP contribution >= 0.6 is 288 Å². The van der Waals surface area contributed by atoms with Crippen LogP contribution in [0.3, 0.4) is 0 Å². The summed E-state index contributed by atoms with van der Waals surface area (Å²) in [6, 6.07) is 0. The largest absolute Gasteiger partial charge is 0.102 e. The number of hydrogen-bond acceptors (Lipinski definition) is 0. The summed E-state index contributed by atoms with van der Waals surface area (Å²) in [6.45, 7) is -1.09. The molecule has 0 heterocycles. The van der Waals surface area contributed by atoms with E-state index in [-0.39, 0.29) is 119 Å². The Labute approximate surface area is 284 Å². The van der Waals surface area contributed by atoms with E-state index in [1.54, 1.807) is 0 Å². The third-order valence-corrected chi connectivity index (χ3v) is 246. The van der Waals surface area contributed by atoms with E-state index in [2.05, 4.69) is 170 Å². The van der Waals surface area contributed by atoms with Crippen molar-refractivity contribution in [3.05, 3.63) is 0 Å². The van der Waals surface area contributed by atoms with Gasteiger partial charge in [0.1, 0.15) is 0 Å². The molecular formula is H38P36. The fraction of sp³-hybridized carbons (Fsp3) is 0. The van der Waals surface area contributed by atoms with Crippen LogP contribution in [0.25, 0.3) is 0 Å². The van der Waals surface area contributed by atoms with Crippen LogP contribution in [-0.4, -0.2) is 0 Å². The molecule has 22 unspecified atom stereocenters. The molecule has 0 bridgehead atoms. The first-order valence-electron chi connectivity index (χ1n) is 8.11. The summed E-state index contributed by atoms with van der Waals surface area (Å²) in [7, 11) is 63.7. The van der Waals surface area contributed by atoms with Gasteiger partial charge < -0.3 is 0 Å². The Kier molecular flexibility index (Phi) is 40.0. The van der Waals surface area contributed by atoms with Crippen LogP contribution in [-0.2, 0) is 0 Å². The van der Waals surface area contributed by atoms with E-state index in [1.165, 1.54) is 0 Å². The van der Waals surface area contributed by atoms with Gasteiger partial charge in [-0.2, -0.15) is 0 Å². The summed E-state index contributed by atoms with van der Waals surface area (Å²) in [4.78, 5) is 0. The highest BCUT2D eigenvalue weighted by atomic mass is 33.5. The Bertz CT molecular complexity index is 509. The molecule has 0 aliphatic rings. The molecule has 36 heavy (non-hydrogen) atoms. The highest BCUT2D eigenvalue weighted by Crippen LogP contribution is 3.41. The molecule has 0 saturated heterocycles. The molecule has 0 rings (SSSR count). The maximum Gasteiger partial charge on any atom is -0.000220 e. The zero-order valence-electron chi connectivity index (χ0n) is 18.6. The lowest BCUT2D eigenvalue weighted by Gasteiger charge is -2.54. The first-order chi connectivity index (χ1) is 16.3. The topological polar surface area (TPSA) is 0 Å². The highest BCUT2D eigenvalue weighted by Gasteiger charge is 2.53. The molecule has 0 fully saturated rings. The fourth-order valence-electron chi connectivity index (χ4n) is 1.97. The van der Waals surface area contributed by atoms with Gasteiger partial charge in [0, 0.05) is 0 Å². The second-order valence-electron chi connectivity index (χ2n) is 5.62. The minimum atomic E-state index is -0.108. The van der Waals surface area contributed by atoms with Gasteiger partial charge >= 0.3 is 0 Å². The van der Waals surface area contributed by atoms with Gasteiger partial charge in [-0.1, -0.05) is 0 Å². The lowest BCUT2D eigenvalue weighted by atomic mass is 28.4. The molecule has 0 aromatic heterocycles. The van der Waals surface area contributed by atoms with Crippen LogP contribution in [0.15, 0.2) is 0 Å². The van der Waals surface area contributed by atoms with Crippen LogP contribution in [0, 0.1) is 0 Å². The predicted octanol–water partition coefficient (Wildman–Crippen LogP) is 20.8. The molecule has 0 aromatic carbocycles. The lowest BCUT2D eigenvalue weighted by Crippen LogP contribution is -1.66. The summed E-state index contributed by atoms with van der Waals surface area (Å²) in [6.07, 6.45) is 0. The molecule has 0 radical (unpaired) electrons. The molecule has 22 atom stereocenters. The maximum absolute atomic E-state index is 3.53. The van der Waals surface area contributed by atoms with Crippen molar-refractivity contribution in [3.63, 3.8) is 0 Å². The van der Waals surface area contributed by atoms with Crippen molar-refractivity contribution in [1.29, 1.82) is 0 Å². The normalized spacial score (nSPS) is 16.6. The fourth-order valence-corrected chi connectivity index (χ4v) is 479. The molecule has 0 aliphatic carbocycles. The summed E-state index contributed by atoms with van der Waals surface area (Å²) in [5, 5.41) is 0. The average molecular weight is 1150 g/mol. The average Bonchev–Trinajstić information content (AvgIpc) is 2.66. The Morgan fingerprint density at radius 3 is 0.500 bits per heavy atom. The third-order valence-electron chi connectivity index (χ3n) is 3.03. The SMILES string of the molecule is PP(P)P(P)P(P(P(P)P)P(P)P)P(P(P(P)P)P(P)P)P(P(P(P)P)P(P)P)P(P(P)P)P(P)P. The van der Waals surface area contributed by atoms with Gasteiger partial charge in [0.25, 0.3) is 0 Å². The van der Waals surface area contributed by atoms with Crippen molar-refractivity contribution >= 4 is 288 Å². The van der Waals surface area contributed by atoms with Crippen LogP contribution in [0.4, 0.5) is 0 Å². The molecular weight excluding hydrogens is 1120 g/mol. The van der Waals surface area contributed by atoms with Crippen LogP contribution in [0.1, 0.15) is 0 Å². The molecule has 0 aromatic rings. The minimum absolute atomic E-state index is 0.0106. The summed E-state index contributed by atoms with van der Waals surface area (Å²) < 4.78 is 0. The molecule has 0 amide bonds. The Morgan fingerprint density at radius 1 is 0.167 bits per heavy atom. The van der Waals surface area contributed by atoms with Gasteiger partial charge in [0.15, 0.2) is 0 Å². The van der Waals surface area contributed by atoms with E-state index >= 15 is 0 Å². The maximum atomic E-state index is 3.53. The van der Waals surface area contributed by atoms with Gasteiger partial charge in [0.05, 0.1) is 0 Å². The minimum Gasteiger partial charge on any atom is -0.102 e. The molecule has 218 valence electrons. The zero-order valence-corrected chi connectivity index (χ0v) is 55.7. The van der Waals surface area contributed by atoms with Crippen molar-refractivity contribution in [2.45, 2.75) is 0 Å². The standard InChI is InChI=1S/H38P36/c1-20(2)29(19)34(30(21(3)4)22(5)6)36(33(27(15)16)28(17)18)35(31(23(7)8)24(9)10)32(25(11)12)26(13)14/h1-19H2. The highest BCUT2D eigenvalue weighted by molar-refractivity contribution is 9.47. The molecule has 0 nitrogen and oxygen atoms in total. The molecule has 0 spiro atoms. The smallest absolute Gasteiger partial charge is 0.000220 e. The number of hydrogen-bond donors (Lipinski definition) is 0. The first-order valence-corrected chi connectivity index (χ1v) is 73.0. The summed E-state index contributed by atoms with van der Waals surface area (Å²) in [5.41, 5.74) is 0. The molecule has 0 aliphatic heterocycles. The van der Waals surface area contributed by atoms with Gasteiger partial charge in [-0.05, 0) is 119 Å². The first kappa shape index (κ1) is 51.5. The van der Waals surface area contributed by atoms with Crippen molar-refractivity contribution in [2.24, 2.45) is 0 Å². The molecule has 36 heteroatoms. The van der Waals surface area contributed by atoms with E-state index in [0.29, 0.717) is 0 Å². The Morgan fingerprint density at radius 2 is 0.333 bits per heavy atom. The quantitative estimate of drug-likeness (QED) is 0.135. The van der Waals surface area contributed by atoms with E-state index in [4.69, 9.17) is 0 Å². The lowest BCUT2D eigenvalue weighted by molar-refractivity contribution is 4.39. The number of rotatable bonds is 16. The summed E-state index contributed by atoms with van der Waals surface area (Å²) >= 11 is 0. The van der Waals surface area contributed by atoms with Crippen molar-refractivity contribution < 1.29 is 0 Å². The van der Waals surface area contributed by atoms with E-state index in [9.17, 15) is 0 Å². The van der Waals surface area contributed by atoms with Crippen LogP contribution in [0.2, 0.25) is 0 Å². The van der Waals surface area contributed by atoms with Crippen molar-refractivity contribution in [1.82, 2.24) is 0 Å². The van der Waals surface area contributed by atoms with E-state index in [0.717, 1.165) is 0 Å². The van der Waals surface area contributed by atoms with E-state index in [1.807, 2.05) is 0 Å². The zero-order chi connectivity index (χ0) is 28.8.